The van der Waals surface area contributed by atoms with Crippen molar-refractivity contribution in [1.82, 2.24) is 19.9 Å². The molecule has 0 spiro atoms. The van der Waals surface area contributed by atoms with E-state index in [-0.39, 0.29) is 11.4 Å². The first-order valence-corrected chi connectivity index (χ1v) is 13.4. The molecule has 9 nitrogen and oxygen atoms in total. The average molecular weight is 533 g/mol. The highest BCUT2D eigenvalue weighted by Crippen LogP contribution is 2.32. The Bertz CT molecular complexity index is 1560. The van der Waals surface area contributed by atoms with Gasteiger partial charge >= 0.3 is 6.03 Å². The molecule has 0 aliphatic heterocycles. The van der Waals surface area contributed by atoms with Gasteiger partial charge in [-0.15, -0.1) is 0 Å². The maximum absolute atomic E-state index is 12.4. The zero-order valence-corrected chi connectivity index (χ0v) is 23.0. The number of thiazole rings is 1. The average Bonchev–Trinajstić information content (AvgIpc) is 3.56. The fourth-order valence-electron chi connectivity index (χ4n) is 3.92. The maximum Gasteiger partial charge on any atom is 0.324 e. The number of anilines is 2. The number of nitrogens with one attached hydrogen (secondary N) is 3. The largest absolute Gasteiger partial charge is 0.492 e. The third-order valence-corrected chi connectivity index (χ3v) is 6.94. The molecule has 0 unspecified atom stereocenters. The van der Waals surface area contributed by atoms with Crippen molar-refractivity contribution in [3.63, 3.8) is 0 Å². The molecular weight excluding hydrogens is 500 g/mol. The van der Waals surface area contributed by atoms with Gasteiger partial charge < -0.3 is 19.9 Å². The van der Waals surface area contributed by atoms with Crippen LogP contribution in [0.3, 0.4) is 0 Å². The number of fused-ring (bicyclic) bond motifs is 3. The first-order chi connectivity index (χ1) is 18.2. The summed E-state index contributed by atoms with van der Waals surface area (Å²) in [5.74, 6) is 1.93. The van der Waals surface area contributed by atoms with E-state index in [0.29, 0.717) is 29.9 Å². The van der Waals surface area contributed by atoms with Crippen molar-refractivity contribution in [2.45, 2.75) is 46.1 Å². The van der Waals surface area contributed by atoms with Gasteiger partial charge in [-0.1, -0.05) is 63.2 Å². The number of benzene rings is 2. The second-order valence-corrected chi connectivity index (χ2v) is 11.5. The van der Waals surface area contributed by atoms with Gasteiger partial charge in [-0.05, 0) is 30.3 Å². The lowest BCUT2D eigenvalue weighted by Gasteiger charge is -2.12. The quantitative estimate of drug-likeness (QED) is 0.196. The van der Waals surface area contributed by atoms with Crippen molar-refractivity contribution < 1.29 is 14.1 Å². The highest BCUT2D eigenvalue weighted by molar-refractivity contribution is 7.23. The van der Waals surface area contributed by atoms with E-state index < -0.39 is 0 Å². The minimum absolute atomic E-state index is 0.185. The number of carbonyl (C=O) groups is 1. The summed E-state index contributed by atoms with van der Waals surface area (Å²) in [7, 11) is 0. The molecule has 5 aromatic rings. The number of aromatic nitrogens is 3. The monoisotopic (exact) mass is 532 g/mol. The van der Waals surface area contributed by atoms with Gasteiger partial charge in [0, 0.05) is 41.5 Å². The second-order valence-electron chi connectivity index (χ2n) is 10.5. The molecule has 198 valence electrons. The van der Waals surface area contributed by atoms with Crippen molar-refractivity contribution >= 4 is 44.1 Å². The standard InChI is InChI=1S/C28H32N6O3S/c1-17(2)29-12-13-36-20-10-11-22-23(14-20)38-27-31-21(16-34(22)27)18-6-8-19(9-7-18)30-26(35)32-25-15-24(37-33-25)28(3,4)5/h6-11,14-17,29H,12-13H2,1-5H3,(H2,30,32,33,35). The summed E-state index contributed by atoms with van der Waals surface area (Å²) < 4.78 is 14.4. The Morgan fingerprint density at radius 1 is 1.11 bits per heavy atom. The summed E-state index contributed by atoms with van der Waals surface area (Å²) in [6, 6.07) is 15.5. The molecule has 3 heterocycles. The molecule has 0 bridgehead atoms. The lowest BCUT2D eigenvalue weighted by atomic mass is 9.93. The van der Waals surface area contributed by atoms with Crippen LogP contribution in [0.5, 0.6) is 5.75 Å². The molecule has 0 radical (unpaired) electrons. The van der Waals surface area contributed by atoms with Crippen molar-refractivity contribution in [2.75, 3.05) is 23.8 Å². The maximum atomic E-state index is 12.4. The molecule has 0 saturated carbocycles. The molecule has 10 heteroatoms. The number of imidazole rings is 1. The van der Waals surface area contributed by atoms with E-state index in [1.54, 1.807) is 17.4 Å². The number of amides is 2. The van der Waals surface area contributed by atoms with E-state index in [1.807, 2.05) is 57.3 Å². The number of carbonyl (C=O) groups excluding carboxylic acids is 1. The topological polar surface area (TPSA) is 106 Å². The Kier molecular flexibility index (Phi) is 7.09. The third-order valence-electron chi connectivity index (χ3n) is 5.92. The summed E-state index contributed by atoms with van der Waals surface area (Å²) in [5, 5.41) is 12.8. The molecule has 3 N–H and O–H groups in total. The van der Waals surface area contributed by atoms with Gasteiger partial charge in [-0.2, -0.15) is 0 Å². The number of urea groups is 1. The van der Waals surface area contributed by atoms with Gasteiger partial charge in [0.2, 0.25) is 0 Å². The van der Waals surface area contributed by atoms with Crippen LogP contribution in [-0.2, 0) is 5.41 Å². The molecule has 2 aromatic carbocycles. The third kappa shape index (κ3) is 5.81. The molecule has 0 atom stereocenters. The van der Waals surface area contributed by atoms with Crippen LogP contribution in [0.25, 0.3) is 26.4 Å². The molecule has 0 saturated heterocycles. The Morgan fingerprint density at radius 3 is 2.61 bits per heavy atom. The van der Waals surface area contributed by atoms with Crippen LogP contribution in [0.15, 0.2) is 59.3 Å². The Morgan fingerprint density at radius 2 is 1.89 bits per heavy atom. The molecule has 3 aromatic heterocycles. The summed E-state index contributed by atoms with van der Waals surface area (Å²) in [6.45, 7) is 11.7. The van der Waals surface area contributed by atoms with Crippen LogP contribution >= 0.6 is 11.3 Å². The van der Waals surface area contributed by atoms with Crippen LogP contribution in [-0.4, -0.2) is 39.8 Å². The van der Waals surface area contributed by atoms with Crippen LogP contribution in [0.1, 0.15) is 40.4 Å². The van der Waals surface area contributed by atoms with Gasteiger partial charge in [-0.3, -0.25) is 9.72 Å². The van der Waals surface area contributed by atoms with Crippen molar-refractivity contribution in [2.24, 2.45) is 0 Å². The molecule has 0 aliphatic rings. The first kappa shape index (κ1) is 25.7. The Labute approximate surface area is 225 Å². The number of nitrogens with zero attached hydrogens (tertiary/aromatic N) is 3. The van der Waals surface area contributed by atoms with Gasteiger partial charge in [0.25, 0.3) is 0 Å². The van der Waals surface area contributed by atoms with E-state index in [0.717, 1.165) is 38.7 Å². The van der Waals surface area contributed by atoms with Crippen LogP contribution in [0.2, 0.25) is 0 Å². The first-order valence-electron chi connectivity index (χ1n) is 12.6. The lowest BCUT2D eigenvalue weighted by Crippen LogP contribution is -2.27. The number of hydrogen-bond donors (Lipinski definition) is 3. The molecule has 38 heavy (non-hydrogen) atoms. The summed E-state index contributed by atoms with van der Waals surface area (Å²) in [4.78, 5) is 18.1. The zero-order valence-electron chi connectivity index (χ0n) is 22.2. The van der Waals surface area contributed by atoms with Crippen molar-refractivity contribution in [3.8, 4) is 17.0 Å². The minimum Gasteiger partial charge on any atom is -0.492 e. The second kappa shape index (κ2) is 10.5. The van der Waals surface area contributed by atoms with E-state index >= 15 is 0 Å². The number of rotatable bonds is 8. The predicted octanol–water partition coefficient (Wildman–Crippen LogP) is 6.52. The van der Waals surface area contributed by atoms with Gasteiger partial charge in [-0.25, -0.2) is 9.78 Å². The number of hydrogen-bond acceptors (Lipinski definition) is 7. The smallest absolute Gasteiger partial charge is 0.324 e. The van der Waals surface area contributed by atoms with Crippen LogP contribution in [0, 0.1) is 0 Å². The normalized spacial score (nSPS) is 11.9. The van der Waals surface area contributed by atoms with Gasteiger partial charge in [0.05, 0.1) is 15.9 Å². The Balaban J connectivity index is 1.23. The fourth-order valence-corrected chi connectivity index (χ4v) is 4.95. The summed E-state index contributed by atoms with van der Waals surface area (Å²) in [5.41, 5.74) is 3.40. The molecular formula is C28H32N6O3S. The highest BCUT2D eigenvalue weighted by atomic mass is 32.1. The van der Waals surface area contributed by atoms with Crippen molar-refractivity contribution in [3.05, 3.63) is 60.5 Å². The number of ether oxygens (including phenoxy) is 1. The zero-order chi connectivity index (χ0) is 26.9. The lowest BCUT2D eigenvalue weighted by molar-refractivity contribution is 0.262. The van der Waals surface area contributed by atoms with E-state index in [9.17, 15) is 4.79 Å². The van der Waals surface area contributed by atoms with Crippen LogP contribution < -0.4 is 20.7 Å². The van der Waals surface area contributed by atoms with Crippen molar-refractivity contribution in [1.29, 1.82) is 0 Å². The summed E-state index contributed by atoms with van der Waals surface area (Å²) in [6.07, 6.45) is 2.04. The molecule has 0 aliphatic carbocycles. The Hall–Kier alpha value is -3.89. The fraction of sp³-hybridized carbons (Fsp3) is 0.321. The minimum atomic E-state index is -0.389. The predicted molar refractivity (Wildman–Crippen MR) is 152 cm³/mol. The van der Waals surface area contributed by atoms with E-state index in [1.165, 1.54) is 0 Å². The SMILES string of the molecule is CC(C)NCCOc1ccc2c(c1)sc1nc(-c3ccc(NC(=O)Nc4cc(C(C)(C)C)on4)cc3)cn12. The van der Waals surface area contributed by atoms with Gasteiger partial charge in [0.1, 0.15) is 18.1 Å². The van der Waals surface area contributed by atoms with E-state index in [2.05, 4.69) is 51.5 Å². The van der Waals surface area contributed by atoms with E-state index in [4.69, 9.17) is 14.2 Å². The molecule has 0 fully saturated rings. The molecule has 5 rings (SSSR count). The summed E-state index contributed by atoms with van der Waals surface area (Å²) >= 11 is 1.63. The highest BCUT2D eigenvalue weighted by Gasteiger charge is 2.20. The molecule has 2 amide bonds. The van der Waals surface area contributed by atoms with Gasteiger partial charge in [0.15, 0.2) is 10.8 Å². The van der Waals surface area contributed by atoms with Crippen LogP contribution in [0.4, 0.5) is 16.3 Å².